The first-order chi connectivity index (χ1) is 15.9. The summed E-state index contributed by atoms with van der Waals surface area (Å²) in [6, 6.07) is 5.94. The number of hydrogen-bond acceptors (Lipinski definition) is 6. The van der Waals surface area contributed by atoms with Crippen molar-refractivity contribution in [1.29, 1.82) is 0 Å². The van der Waals surface area contributed by atoms with E-state index in [0.717, 1.165) is 25.7 Å². The highest BCUT2D eigenvalue weighted by Crippen LogP contribution is 2.45. The predicted molar refractivity (Wildman–Crippen MR) is 128 cm³/mol. The first-order valence-electron chi connectivity index (χ1n) is 11.5. The molecule has 176 valence electrons. The number of thioether (sulfide) groups is 1. The maximum Gasteiger partial charge on any atom is 0.338 e. The number of aliphatic imine (C=N–C) groups is 1. The summed E-state index contributed by atoms with van der Waals surface area (Å²) >= 11 is 1.39. The zero-order valence-electron chi connectivity index (χ0n) is 19.3. The Bertz CT molecular complexity index is 1030. The van der Waals surface area contributed by atoms with Gasteiger partial charge in [-0.1, -0.05) is 49.2 Å². The number of fused-ring (bicyclic) bond motifs is 1. The van der Waals surface area contributed by atoms with Gasteiger partial charge in [0.25, 0.3) is 0 Å². The number of ether oxygens (including phenoxy) is 1. The third kappa shape index (κ3) is 4.71. The molecule has 1 fully saturated rings. The van der Waals surface area contributed by atoms with Gasteiger partial charge in [0.2, 0.25) is 5.91 Å². The van der Waals surface area contributed by atoms with Crippen molar-refractivity contribution in [3.63, 3.8) is 0 Å². The number of benzene rings is 1. The molecule has 0 bridgehead atoms. The van der Waals surface area contributed by atoms with Crippen LogP contribution in [0.4, 0.5) is 4.39 Å². The summed E-state index contributed by atoms with van der Waals surface area (Å²) in [5, 5.41) is 2.53. The van der Waals surface area contributed by atoms with E-state index in [1.807, 2.05) is 22.3 Å². The van der Waals surface area contributed by atoms with Crippen molar-refractivity contribution < 1.29 is 18.7 Å². The Hall–Kier alpha value is -2.61. The average Bonchev–Trinajstić information content (AvgIpc) is 3.20. The molecule has 1 aliphatic carbocycles. The van der Waals surface area contributed by atoms with Crippen molar-refractivity contribution in [2.24, 2.45) is 4.99 Å². The highest BCUT2D eigenvalue weighted by Gasteiger charge is 2.42. The molecule has 1 aromatic rings. The number of esters is 1. The topological polar surface area (TPSA) is 62.2 Å². The number of nitrogens with zero attached hydrogens (tertiary/aromatic N) is 3. The van der Waals surface area contributed by atoms with Crippen molar-refractivity contribution in [2.75, 3.05) is 13.7 Å². The maximum absolute atomic E-state index is 15.0. The molecule has 4 rings (SSSR count). The quantitative estimate of drug-likeness (QED) is 0.538. The smallest absolute Gasteiger partial charge is 0.338 e. The molecule has 2 aliphatic heterocycles. The summed E-state index contributed by atoms with van der Waals surface area (Å²) in [6.07, 6.45) is 5.73. The van der Waals surface area contributed by atoms with Gasteiger partial charge >= 0.3 is 5.97 Å². The van der Waals surface area contributed by atoms with E-state index in [9.17, 15) is 14.0 Å². The Balaban J connectivity index is 1.66. The van der Waals surface area contributed by atoms with Gasteiger partial charge in [-0.3, -0.25) is 4.79 Å². The zero-order valence-corrected chi connectivity index (χ0v) is 20.2. The lowest BCUT2D eigenvalue weighted by Gasteiger charge is -2.37. The van der Waals surface area contributed by atoms with Gasteiger partial charge in [0.15, 0.2) is 5.17 Å². The number of carbonyl (C=O) groups excluding carboxylic acids is 2. The molecule has 0 radical (unpaired) electrons. The van der Waals surface area contributed by atoms with E-state index in [1.165, 1.54) is 24.2 Å². The van der Waals surface area contributed by atoms with Gasteiger partial charge in [0, 0.05) is 24.4 Å². The van der Waals surface area contributed by atoms with E-state index in [2.05, 4.69) is 4.99 Å². The van der Waals surface area contributed by atoms with Crippen LogP contribution in [0.1, 0.15) is 64.0 Å². The molecule has 1 aromatic carbocycles. The van der Waals surface area contributed by atoms with E-state index in [0.29, 0.717) is 27.7 Å². The van der Waals surface area contributed by atoms with Crippen molar-refractivity contribution in [1.82, 2.24) is 9.80 Å². The van der Waals surface area contributed by atoms with Crippen LogP contribution >= 0.6 is 11.8 Å². The van der Waals surface area contributed by atoms with E-state index < -0.39 is 17.8 Å². The van der Waals surface area contributed by atoms with E-state index in [4.69, 9.17) is 4.74 Å². The van der Waals surface area contributed by atoms with Gasteiger partial charge in [-0.15, -0.1) is 0 Å². The SMILES string of the molecule is CCOC(=O)C1=C(C)N=C2SC=C(CC(=O)N(C)C3CCCCC3)N2C1c1ccccc1F. The Kier molecular flexibility index (Phi) is 7.22. The second kappa shape index (κ2) is 10.1. The van der Waals surface area contributed by atoms with Gasteiger partial charge < -0.3 is 14.5 Å². The molecular weight excluding hydrogens is 441 g/mol. The summed E-state index contributed by atoms with van der Waals surface area (Å²) in [5.41, 5.74) is 1.87. The molecule has 1 unspecified atom stereocenters. The van der Waals surface area contributed by atoms with Crippen molar-refractivity contribution >= 4 is 28.8 Å². The summed E-state index contributed by atoms with van der Waals surface area (Å²) < 4.78 is 20.3. The second-order valence-electron chi connectivity index (χ2n) is 8.61. The van der Waals surface area contributed by atoms with Crippen LogP contribution in [0.25, 0.3) is 0 Å². The minimum Gasteiger partial charge on any atom is -0.463 e. The highest BCUT2D eigenvalue weighted by molar-refractivity contribution is 8.16. The van der Waals surface area contributed by atoms with Crippen LogP contribution in [0.5, 0.6) is 0 Å². The average molecular weight is 472 g/mol. The van der Waals surface area contributed by atoms with Gasteiger partial charge in [0.05, 0.1) is 30.3 Å². The minimum absolute atomic E-state index is 0.0197. The van der Waals surface area contributed by atoms with E-state index in [-0.39, 0.29) is 25.0 Å². The standard InChI is InChI=1S/C25H30FN3O3S/c1-4-32-24(31)22-16(2)27-25-29(23(22)19-12-8-9-13-20(19)26)18(15-33-25)14-21(30)28(3)17-10-6-5-7-11-17/h8-9,12-13,15,17,23H,4-7,10-11,14H2,1-3H3. The molecule has 0 aromatic heterocycles. The molecule has 0 N–H and O–H groups in total. The molecule has 0 saturated heterocycles. The molecule has 8 heteroatoms. The minimum atomic E-state index is -0.744. The van der Waals surface area contributed by atoms with Gasteiger partial charge in [-0.05, 0) is 38.2 Å². The number of halogens is 1. The zero-order chi connectivity index (χ0) is 23.5. The molecule has 6 nitrogen and oxygen atoms in total. The summed E-state index contributed by atoms with van der Waals surface area (Å²) in [5.74, 6) is -0.917. The largest absolute Gasteiger partial charge is 0.463 e. The number of amidine groups is 1. The molecular formula is C25H30FN3O3S. The monoisotopic (exact) mass is 471 g/mol. The normalized spacial score (nSPS) is 20.8. The van der Waals surface area contributed by atoms with Crippen LogP contribution in [0.3, 0.4) is 0 Å². The third-order valence-corrected chi connectivity index (χ3v) is 7.43. The van der Waals surface area contributed by atoms with Crippen LogP contribution in [0.2, 0.25) is 0 Å². The summed E-state index contributed by atoms with van der Waals surface area (Å²) in [4.78, 5) is 34.4. The van der Waals surface area contributed by atoms with Gasteiger partial charge in [0.1, 0.15) is 5.82 Å². The van der Waals surface area contributed by atoms with Crippen molar-refractivity contribution in [3.8, 4) is 0 Å². The Morgan fingerprint density at radius 3 is 2.67 bits per heavy atom. The second-order valence-corrected chi connectivity index (χ2v) is 9.44. The molecule has 3 aliphatic rings. The lowest BCUT2D eigenvalue weighted by Crippen LogP contribution is -2.41. The number of amides is 1. The third-order valence-electron chi connectivity index (χ3n) is 6.54. The lowest BCUT2D eigenvalue weighted by atomic mass is 9.93. The summed E-state index contributed by atoms with van der Waals surface area (Å²) in [7, 11) is 1.87. The Morgan fingerprint density at radius 2 is 1.97 bits per heavy atom. The Labute approximate surface area is 198 Å². The lowest BCUT2D eigenvalue weighted by molar-refractivity contribution is -0.139. The number of rotatable bonds is 6. The van der Waals surface area contributed by atoms with Crippen LogP contribution in [-0.2, 0) is 14.3 Å². The molecule has 1 atom stereocenters. The van der Waals surface area contributed by atoms with Crippen LogP contribution in [0, 0.1) is 5.82 Å². The molecule has 33 heavy (non-hydrogen) atoms. The molecule has 1 saturated carbocycles. The molecule has 0 spiro atoms. The van der Waals surface area contributed by atoms with Crippen molar-refractivity contribution in [3.05, 3.63) is 58.0 Å². The highest BCUT2D eigenvalue weighted by atomic mass is 32.2. The Morgan fingerprint density at radius 1 is 1.24 bits per heavy atom. The summed E-state index contributed by atoms with van der Waals surface area (Å²) in [6.45, 7) is 3.68. The van der Waals surface area contributed by atoms with E-state index >= 15 is 0 Å². The number of hydrogen-bond donors (Lipinski definition) is 0. The maximum atomic E-state index is 15.0. The number of allylic oxidation sites excluding steroid dienone is 1. The predicted octanol–water partition coefficient (Wildman–Crippen LogP) is 5.14. The fourth-order valence-corrected chi connectivity index (χ4v) is 5.75. The van der Waals surface area contributed by atoms with Crippen molar-refractivity contribution in [2.45, 2.75) is 64.5 Å². The van der Waals surface area contributed by atoms with Crippen LogP contribution in [-0.4, -0.2) is 46.5 Å². The molecule has 1 amide bonds. The first-order valence-corrected chi connectivity index (χ1v) is 12.4. The van der Waals surface area contributed by atoms with Gasteiger partial charge in [-0.2, -0.15) is 0 Å². The molecule has 2 heterocycles. The van der Waals surface area contributed by atoms with Crippen LogP contribution in [0.15, 0.2) is 51.6 Å². The van der Waals surface area contributed by atoms with E-state index in [1.54, 1.807) is 32.0 Å². The fourth-order valence-electron chi connectivity index (χ4n) is 4.78. The first kappa shape index (κ1) is 23.5. The number of carbonyl (C=O) groups is 2. The fraction of sp³-hybridized carbons (Fsp3) is 0.480. The van der Waals surface area contributed by atoms with Crippen LogP contribution < -0.4 is 0 Å². The van der Waals surface area contributed by atoms with Gasteiger partial charge in [-0.25, -0.2) is 14.2 Å².